The lowest BCUT2D eigenvalue weighted by molar-refractivity contribution is 0.281. The van der Waals surface area contributed by atoms with E-state index in [9.17, 15) is 0 Å². The Bertz CT molecular complexity index is 253. The Hall–Kier alpha value is -1.36. The van der Waals surface area contributed by atoms with Crippen LogP contribution >= 0.6 is 0 Å². The van der Waals surface area contributed by atoms with Gasteiger partial charge in [0, 0.05) is 12.1 Å². The van der Waals surface area contributed by atoms with Gasteiger partial charge in [0.2, 0.25) is 0 Å². The molecule has 0 bridgehead atoms. The van der Waals surface area contributed by atoms with Gasteiger partial charge in [0.1, 0.15) is 18.0 Å². The minimum atomic E-state index is -0.0284. The van der Waals surface area contributed by atoms with Crippen LogP contribution in [0.5, 0.6) is 0 Å². The molecule has 0 aliphatic carbocycles. The summed E-state index contributed by atoms with van der Waals surface area (Å²) in [5.41, 5.74) is 5.42. The first kappa shape index (κ1) is 8.73. The van der Waals surface area contributed by atoms with Crippen molar-refractivity contribution in [2.24, 2.45) is 0 Å². The zero-order valence-corrected chi connectivity index (χ0v) is 6.86. The molecule has 1 atom stereocenters. The fourth-order valence-electron chi connectivity index (χ4n) is 0.749. The Kier molecular flexibility index (Phi) is 2.82. The molecule has 0 saturated heterocycles. The van der Waals surface area contributed by atoms with Crippen LogP contribution < -0.4 is 11.1 Å². The normalized spacial score (nSPS) is 12.5. The first-order chi connectivity index (χ1) is 5.72. The van der Waals surface area contributed by atoms with Gasteiger partial charge in [0.05, 0.1) is 6.61 Å². The summed E-state index contributed by atoms with van der Waals surface area (Å²) in [6.07, 6.45) is 1.38. The summed E-state index contributed by atoms with van der Waals surface area (Å²) in [5.74, 6) is 1.04. The van der Waals surface area contributed by atoms with Crippen LogP contribution in [0.15, 0.2) is 12.4 Å². The monoisotopic (exact) mass is 168 g/mol. The molecule has 0 amide bonds. The molecule has 1 rings (SSSR count). The van der Waals surface area contributed by atoms with Crippen molar-refractivity contribution in [3.05, 3.63) is 12.4 Å². The van der Waals surface area contributed by atoms with Crippen molar-refractivity contribution in [2.45, 2.75) is 13.0 Å². The predicted octanol–water partition coefficient (Wildman–Crippen LogP) is -0.149. The zero-order chi connectivity index (χ0) is 8.97. The number of rotatable bonds is 3. The van der Waals surface area contributed by atoms with Gasteiger partial charge in [-0.3, -0.25) is 0 Å². The molecule has 0 saturated carbocycles. The summed E-state index contributed by atoms with van der Waals surface area (Å²) >= 11 is 0. The first-order valence-electron chi connectivity index (χ1n) is 3.67. The van der Waals surface area contributed by atoms with Gasteiger partial charge in [-0.05, 0) is 6.92 Å². The van der Waals surface area contributed by atoms with E-state index < -0.39 is 0 Å². The quantitative estimate of drug-likeness (QED) is 0.584. The third kappa shape index (κ3) is 2.35. The van der Waals surface area contributed by atoms with E-state index in [4.69, 9.17) is 10.8 Å². The van der Waals surface area contributed by atoms with E-state index in [0.29, 0.717) is 11.6 Å². The first-order valence-corrected chi connectivity index (χ1v) is 3.67. The highest BCUT2D eigenvalue weighted by molar-refractivity contribution is 5.43. The molecular formula is C7H12N4O. The molecule has 1 aromatic heterocycles. The summed E-state index contributed by atoms with van der Waals surface area (Å²) in [5, 5.41) is 11.7. The third-order valence-electron chi connectivity index (χ3n) is 1.36. The zero-order valence-electron chi connectivity index (χ0n) is 6.86. The van der Waals surface area contributed by atoms with Crippen LogP contribution in [-0.4, -0.2) is 27.7 Å². The number of nitrogens with zero attached hydrogens (tertiary/aromatic N) is 2. The van der Waals surface area contributed by atoms with Gasteiger partial charge < -0.3 is 16.2 Å². The van der Waals surface area contributed by atoms with Gasteiger partial charge in [-0.15, -0.1) is 0 Å². The van der Waals surface area contributed by atoms with Crippen molar-refractivity contribution in [1.82, 2.24) is 9.97 Å². The molecule has 1 aromatic rings. The fourth-order valence-corrected chi connectivity index (χ4v) is 0.749. The summed E-state index contributed by atoms with van der Waals surface area (Å²) in [7, 11) is 0. The molecule has 5 heteroatoms. The minimum absolute atomic E-state index is 0.0284. The van der Waals surface area contributed by atoms with Gasteiger partial charge in [-0.2, -0.15) is 0 Å². The van der Waals surface area contributed by atoms with Crippen molar-refractivity contribution in [3.63, 3.8) is 0 Å². The van der Waals surface area contributed by atoms with Gasteiger partial charge >= 0.3 is 0 Å². The van der Waals surface area contributed by atoms with Gasteiger partial charge in [-0.1, -0.05) is 0 Å². The molecule has 0 fully saturated rings. The summed E-state index contributed by atoms with van der Waals surface area (Å²) in [6.45, 7) is 1.90. The second kappa shape index (κ2) is 3.87. The molecule has 4 N–H and O–H groups in total. The van der Waals surface area contributed by atoms with E-state index in [1.807, 2.05) is 6.92 Å². The maximum Gasteiger partial charge on any atom is 0.131 e. The minimum Gasteiger partial charge on any atom is -0.394 e. The highest BCUT2D eigenvalue weighted by Crippen LogP contribution is 2.05. The van der Waals surface area contributed by atoms with Crippen LogP contribution in [0.3, 0.4) is 0 Å². The van der Waals surface area contributed by atoms with Gasteiger partial charge in [0.15, 0.2) is 0 Å². The Morgan fingerprint density at radius 2 is 2.42 bits per heavy atom. The number of nitrogen functional groups attached to an aromatic ring is 1. The molecule has 12 heavy (non-hydrogen) atoms. The average Bonchev–Trinajstić information content (AvgIpc) is 2.04. The second-order valence-electron chi connectivity index (χ2n) is 2.56. The topological polar surface area (TPSA) is 84.1 Å². The lowest BCUT2D eigenvalue weighted by Gasteiger charge is -2.10. The Balaban J connectivity index is 2.63. The Morgan fingerprint density at radius 3 is 3.00 bits per heavy atom. The molecule has 1 unspecified atom stereocenters. The van der Waals surface area contributed by atoms with E-state index in [1.54, 1.807) is 6.07 Å². The predicted molar refractivity (Wildman–Crippen MR) is 46.6 cm³/mol. The Morgan fingerprint density at radius 1 is 1.67 bits per heavy atom. The van der Waals surface area contributed by atoms with Crippen LogP contribution in [0.2, 0.25) is 0 Å². The smallest absolute Gasteiger partial charge is 0.131 e. The largest absolute Gasteiger partial charge is 0.394 e. The standard InChI is InChI=1S/C7H12N4O/c1-5(3-12)11-7-2-6(8)9-4-10-7/h2,4-5,12H,3H2,1H3,(H3,8,9,10,11). The van der Waals surface area contributed by atoms with E-state index in [0.717, 1.165) is 0 Å². The molecule has 0 aliphatic heterocycles. The number of nitrogens with two attached hydrogens (primary N) is 1. The van der Waals surface area contributed by atoms with E-state index >= 15 is 0 Å². The average molecular weight is 168 g/mol. The molecule has 0 aliphatic rings. The highest BCUT2D eigenvalue weighted by atomic mass is 16.3. The van der Waals surface area contributed by atoms with Crippen molar-refractivity contribution in [1.29, 1.82) is 0 Å². The lowest BCUT2D eigenvalue weighted by Crippen LogP contribution is -2.20. The number of aliphatic hydroxyl groups excluding tert-OH is 1. The van der Waals surface area contributed by atoms with Crippen LogP contribution in [-0.2, 0) is 0 Å². The second-order valence-corrected chi connectivity index (χ2v) is 2.56. The molecule has 0 radical (unpaired) electrons. The van der Waals surface area contributed by atoms with Crippen molar-refractivity contribution >= 4 is 11.6 Å². The summed E-state index contributed by atoms with van der Waals surface area (Å²) in [6, 6.07) is 1.59. The maximum atomic E-state index is 8.73. The summed E-state index contributed by atoms with van der Waals surface area (Å²) < 4.78 is 0. The van der Waals surface area contributed by atoms with Crippen LogP contribution in [0, 0.1) is 0 Å². The van der Waals surface area contributed by atoms with E-state index in [1.165, 1.54) is 6.33 Å². The van der Waals surface area contributed by atoms with Gasteiger partial charge in [-0.25, -0.2) is 9.97 Å². The van der Waals surface area contributed by atoms with Crippen LogP contribution in [0.1, 0.15) is 6.92 Å². The van der Waals surface area contributed by atoms with Crippen LogP contribution in [0.25, 0.3) is 0 Å². The number of hydrogen-bond donors (Lipinski definition) is 3. The van der Waals surface area contributed by atoms with Crippen molar-refractivity contribution in [2.75, 3.05) is 17.7 Å². The number of anilines is 2. The van der Waals surface area contributed by atoms with E-state index in [-0.39, 0.29) is 12.6 Å². The molecule has 0 aromatic carbocycles. The Labute approximate surface area is 70.6 Å². The van der Waals surface area contributed by atoms with Crippen molar-refractivity contribution < 1.29 is 5.11 Å². The molecule has 5 nitrogen and oxygen atoms in total. The molecule has 66 valence electrons. The molecule has 0 spiro atoms. The van der Waals surface area contributed by atoms with Crippen molar-refractivity contribution in [3.8, 4) is 0 Å². The number of aliphatic hydroxyl groups is 1. The number of nitrogens with one attached hydrogen (secondary N) is 1. The molecule has 1 heterocycles. The SMILES string of the molecule is CC(CO)Nc1cc(N)ncn1. The number of aromatic nitrogens is 2. The summed E-state index contributed by atoms with van der Waals surface area (Å²) in [4.78, 5) is 7.65. The van der Waals surface area contributed by atoms with Gasteiger partial charge in [0.25, 0.3) is 0 Å². The third-order valence-corrected chi connectivity index (χ3v) is 1.36. The fraction of sp³-hybridized carbons (Fsp3) is 0.429. The molecular weight excluding hydrogens is 156 g/mol. The maximum absolute atomic E-state index is 8.73. The van der Waals surface area contributed by atoms with E-state index in [2.05, 4.69) is 15.3 Å². The van der Waals surface area contributed by atoms with Crippen LogP contribution in [0.4, 0.5) is 11.6 Å². The number of hydrogen-bond acceptors (Lipinski definition) is 5. The lowest BCUT2D eigenvalue weighted by atomic mass is 10.3. The highest BCUT2D eigenvalue weighted by Gasteiger charge is 2.00.